The Labute approximate surface area is 122 Å². The van der Waals surface area contributed by atoms with E-state index in [1.807, 2.05) is 18.2 Å². The summed E-state index contributed by atoms with van der Waals surface area (Å²) in [6.07, 6.45) is 3.62. The van der Waals surface area contributed by atoms with E-state index < -0.39 is 0 Å². The van der Waals surface area contributed by atoms with Gasteiger partial charge in [-0.25, -0.2) is 0 Å². The van der Waals surface area contributed by atoms with Gasteiger partial charge in [-0.15, -0.1) is 0 Å². The van der Waals surface area contributed by atoms with E-state index in [2.05, 4.69) is 24.8 Å². The van der Waals surface area contributed by atoms with Crippen LogP contribution in [0.25, 0.3) is 0 Å². The highest BCUT2D eigenvalue weighted by Gasteiger charge is 2.21. The van der Waals surface area contributed by atoms with Crippen LogP contribution in [0.5, 0.6) is 5.75 Å². The van der Waals surface area contributed by atoms with E-state index in [1.165, 1.54) is 19.4 Å². The van der Waals surface area contributed by atoms with Crippen molar-refractivity contribution in [2.75, 3.05) is 19.7 Å². The van der Waals surface area contributed by atoms with Gasteiger partial charge in [0.05, 0.1) is 12.2 Å². The van der Waals surface area contributed by atoms with Gasteiger partial charge in [-0.1, -0.05) is 19.1 Å². The number of benzene rings is 1. The predicted octanol–water partition coefficient (Wildman–Crippen LogP) is 3.45. The van der Waals surface area contributed by atoms with Crippen molar-refractivity contribution in [3.8, 4) is 11.8 Å². The number of para-hydroxylation sites is 1. The summed E-state index contributed by atoms with van der Waals surface area (Å²) in [4.78, 5) is 2.56. The third-order valence-corrected chi connectivity index (χ3v) is 4.13. The van der Waals surface area contributed by atoms with Crippen molar-refractivity contribution in [2.45, 2.75) is 39.2 Å². The number of nitrogens with zero attached hydrogens (tertiary/aromatic N) is 2. The van der Waals surface area contributed by atoms with Gasteiger partial charge in [-0.05, 0) is 50.8 Å². The van der Waals surface area contributed by atoms with Crippen LogP contribution in [0.15, 0.2) is 24.3 Å². The maximum Gasteiger partial charge on any atom is 0.137 e. The van der Waals surface area contributed by atoms with E-state index >= 15 is 0 Å². The average Bonchev–Trinajstić information content (AvgIpc) is 2.46. The fourth-order valence-corrected chi connectivity index (χ4v) is 2.92. The van der Waals surface area contributed by atoms with Crippen molar-refractivity contribution < 1.29 is 4.74 Å². The Morgan fingerprint density at radius 1 is 1.35 bits per heavy atom. The molecule has 1 aromatic carbocycles. The molecule has 0 saturated carbocycles. The molecular weight excluding hydrogens is 248 g/mol. The summed E-state index contributed by atoms with van der Waals surface area (Å²) >= 11 is 0. The van der Waals surface area contributed by atoms with Crippen LogP contribution in [0.2, 0.25) is 0 Å². The third kappa shape index (κ3) is 3.98. The Hall–Kier alpha value is -1.53. The topological polar surface area (TPSA) is 36.3 Å². The van der Waals surface area contributed by atoms with E-state index in [-0.39, 0.29) is 0 Å². The highest BCUT2D eigenvalue weighted by molar-refractivity contribution is 5.42. The quantitative estimate of drug-likeness (QED) is 0.770. The second-order valence-corrected chi connectivity index (χ2v) is 5.82. The van der Waals surface area contributed by atoms with Crippen LogP contribution in [0.4, 0.5) is 0 Å². The van der Waals surface area contributed by atoms with Gasteiger partial charge < -0.3 is 9.64 Å². The van der Waals surface area contributed by atoms with Crippen LogP contribution < -0.4 is 4.74 Å². The van der Waals surface area contributed by atoms with Gasteiger partial charge >= 0.3 is 0 Å². The van der Waals surface area contributed by atoms with Crippen LogP contribution in [0.3, 0.4) is 0 Å². The third-order valence-electron chi connectivity index (χ3n) is 4.13. The molecule has 2 rings (SSSR count). The molecule has 1 aliphatic heterocycles. The van der Waals surface area contributed by atoms with Gasteiger partial charge in [0.2, 0.25) is 0 Å². The fraction of sp³-hybridized carbons (Fsp3) is 0.588. The first-order chi connectivity index (χ1) is 9.70. The fourth-order valence-electron chi connectivity index (χ4n) is 2.92. The lowest BCUT2D eigenvalue weighted by atomic mass is 9.93. The highest BCUT2D eigenvalue weighted by Crippen LogP contribution is 2.22. The second-order valence-electron chi connectivity index (χ2n) is 5.82. The Morgan fingerprint density at radius 3 is 2.90 bits per heavy atom. The number of nitriles is 1. The largest absolute Gasteiger partial charge is 0.492 e. The number of piperidine rings is 1. The molecule has 20 heavy (non-hydrogen) atoms. The van der Waals surface area contributed by atoms with Crippen molar-refractivity contribution in [2.24, 2.45) is 5.92 Å². The lowest BCUT2D eigenvalue weighted by Gasteiger charge is -2.36. The Balaban J connectivity index is 1.73. The Morgan fingerprint density at radius 2 is 2.15 bits per heavy atom. The zero-order valence-electron chi connectivity index (χ0n) is 12.5. The number of ether oxygens (including phenoxy) is 1. The molecule has 108 valence electrons. The molecule has 1 fully saturated rings. The van der Waals surface area contributed by atoms with E-state index in [0.717, 1.165) is 18.9 Å². The standard InChI is InChI=1S/C17H24N2O/c1-14-8-10-19(15(2)12-14)9-5-11-20-17-7-4-3-6-16(17)13-18/h3-4,6-7,14-15H,5,8-12H2,1-2H3. The van der Waals surface area contributed by atoms with Crippen LogP contribution in [-0.2, 0) is 0 Å². The molecule has 1 aromatic rings. The van der Waals surface area contributed by atoms with Crippen molar-refractivity contribution in [1.82, 2.24) is 4.90 Å². The zero-order valence-corrected chi connectivity index (χ0v) is 12.5. The van der Waals surface area contributed by atoms with E-state index in [1.54, 1.807) is 6.07 Å². The van der Waals surface area contributed by atoms with Crippen LogP contribution in [0.1, 0.15) is 38.7 Å². The molecular formula is C17H24N2O. The molecule has 0 aliphatic carbocycles. The maximum atomic E-state index is 9.00. The minimum Gasteiger partial charge on any atom is -0.492 e. The summed E-state index contributed by atoms with van der Waals surface area (Å²) in [7, 11) is 0. The van der Waals surface area contributed by atoms with Gasteiger partial charge in [-0.2, -0.15) is 5.26 Å². The number of hydrogen-bond acceptors (Lipinski definition) is 3. The first-order valence-corrected chi connectivity index (χ1v) is 7.56. The molecule has 0 bridgehead atoms. The molecule has 1 saturated heterocycles. The van der Waals surface area contributed by atoms with Gasteiger partial charge in [0.1, 0.15) is 11.8 Å². The van der Waals surface area contributed by atoms with Gasteiger partial charge in [0.25, 0.3) is 0 Å². The summed E-state index contributed by atoms with van der Waals surface area (Å²) in [6.45, 7) is 7.63. The molecule has 3 nitrogen and oxygen atoms in total. The molecule has 0 aromatic heterocycles. The summed E-state index contributed by atoms with van der Waals surface area (Å²) in [5.41, 5.74) is 0.618. The van der Waals surface area contributed by atoms with Gasteiger partial charge in [0.15, 0.2) is 0 Å². The van der Waals surface area contributed by atoms with Crippen LogP contribution >= 0.6 is 0 Å². The Bertz CT molecular complexity index is 466. The first-order valence-electron chi connectivity index (χ1n) is 7.56. The summed E-state index contributed by atoms with van der Waals surface area (Å²) in [5, 5.41) is 9.00. The smallest absolute Gasteiger partial charge is 0.137 e. The zero-order chi connectivity index (χ0) is 14.4. The van der Waals surface area contributed by atoms with Gasteiger partial charge in [0, 0.05) is 12.6 Å². The van der Waals surface area contributed by atoms with Crippen molar-refractivity contribution in [1.29, 1.82) is 5.26 Å². The molecule has 1 aliphatic rings. The van der Waals surface area contributed by atoms with E-state index in [0.29, 0.717) is 24.0 Å². The number of rotatable bonds is 5. The Kier molecular flexibility index (Phi) is 5.43. The monoisotopic (exact) mass is 272 g/mol. The molecule has 2 unspecified atom stereocenters. The van der Waals surface area contributed by atoms with Crippen LogP contribution in [0, 0.1) is 17.2 Å². The normalized spacial score (nSPS) is 23.2. The molecule has 0 radical (unpaired) electrons. The minimum absolute atomic E-state index is 0.618. The summed E-state index contributed by atoms with van der Waals surface area (Å²) < 4.78 is 5.73. The predicted molar refractivity (Wildman–Crippen MR) is 80.7 cm³/mol. The molecule has 1 heterocycles. The molecule has 0 spiro atoms. The maximum absolute atomic E-state index is 9.00. The minimum atomic E-state index is 0.618. The molecule has 0 amide bonds. The number of likely N-dealkylation sites (tertiary alicyclic amines) is 1. The van der Waals surface area contributed by atoms with Gasteiger partial charge in [-0.3, -0.25) is 0 Å². The SMILES string of the molecule is CC1CCN(CCCOc2ccccc2C#N)C(C)C1. The van der Waals surface area contributed by atoms with Crippen molar-refractivity contribution in [3.63, 3.8) is 0 Å². The first kappa shape index (κ1) is 14.9. The lowest BCUT2D eigenvalue weighted by molar-refractivity contribution is 0.121. The van der Waals surface area contributed by atoms with E-state index in [4.69, 9.17) is 10.00 Å². The molecule has 2 atom stereocenters. The number of hydrogen-bond donors (Lipinski definition) is 0. The summed E-state index contributed by atoms with van der Waals surface area (Å²) in [5.74, 6) is 1.57. The van der Waals surface area contributed by atoms with E-state index in [9.17, 15) is 0 Å². The highest BCUT2D eigenvalue weighted by atomic mass is 16.5. The molecule has 3 heteroatoms. The second kappa shape index (κ2) is 7.31. The molecule has 0 N–H and O–H groups in total. The average molecular weight is 272 g/mol. The van der Waals surface area contributed by atoms with Crippen molar-refractivity contribution >= 4 is 0 Å². The van der Waals surface area contributed by atoms with Crippen LogP contribution in [-0.4, -0.2) is 30.6 Å². The summed E-state index contributed by atoms with van der Waals surface area (Å²) in [6, 6.07) is 10.3. The van der Waals surface area contributed by atoms with Crippen molar-refractivity contribution in [3.05, 3.63) is 29.8 Å². The lowest BCUT2D eigenvalue weighted by Crippen LogP contribution is -2.41.